The summed E-state index contributed by atoms with van der Waals surface area (Å²) in [6.45, 7) is 4.57. The number of hydrazone groups is 1. The average molecular weight is 360 g/mol. The lowest BCUT2D eigenvalue weighted by atomic mass is 9.96. The zero-order valence-corrected chi connectivity index (χ0v) is 15.0. The number of likely N-dealkylation sites (tertiary alicyclic amines) is 1. The van der Waals surface area contributed by atoms with Crippen LogP contribution in [0.25, 0.3) is 0 Å². The van der Waals surface area contributed by atoms with Gasteiger partial charge in [0.1, 0.15) is 11.5 Å². The van der Waals surface area contributed by atoms with Gasteiger partial charge in [-0.3, -0.25) is 9.69 Å². The number of furan rings is 1. The maximum atomic E-state index is 12.2. The van der Waals surface area contributed by atoms with E-state index in [1.54, 1.807) is 0 Å². The molecule has 3 rings (SSSR count). The van der Waals surface area contributed by atoms with E-state index in [9.17, 15) is 4.79 Å². The zero-order valence-electron chi connectivity index (χ0n) is 14.2. The first kappa shape index (κ1) is 17.7. The maximum absolute atomic E-state index is 12.2. The van der Waals surface area contributed by atoms with E-state index in [1.807, 2.05) is 43.3 Å². The van der Waals surface area contributed by atoms with E-state index in [4.69, 9.17) is 16.0 Å². The molecule has 0 unspecified atom stereocenters. The highest BCUT2D eigenvalue weighted by atomic mass is 35.5. The van der Waals surface area contributed by atoms with Crippen LogP contribution in [-0.2, 0) is 11.3 Å². The van der Waals surface area contributed by atoms with Crippen molar-refractivity contribution in [3.8, 4) is 0 Å². The monoisotopic (exact) mass is 359 g/mol. The summed E-state index contributed by atoms with van der Waals surface area (Å²) in [6, 6.07) is 11.6. The summed E-state index contributed by atoms with van der Waals surface area (Å²) in [7, 11) is 0. The van der Waals surface area contributed by atoms with Crippen LogP contribution in [0.15, 0.2) is 45.9 Å². The van der Waals surface area contributed by atoms with Crippen LogP contribution in [0, 0.1) is 12.8 Å². The fourth-order valence-corrected chi connectivity index (χ4v) is 3.10. The molecule has 25 heavy (non-hydrogen) atoms. The fraction of sp³-hybridized carbons (Fsp3) is 0.368. The fourth-order valence-electron chi connectivity index (χ4n) is 2.97. The van der Waals surface area contributed by atoms with Crippen molar-refractivity contribution in [2.45, 2.75) is 26.3 Å². The van der Waals surface area contributed by atoms with E-state index in [2.05, 4.69) is 15.4 Å². The lowest BCUT2D eigenvalue weighted by Crippen LogP contribution is -2.39. The third-order valence-electron chi connectivity index (χ3n) is 4.41. The predicted molar refractivity (Wildman–Crippen MR) is 98.6 cm³/mol. The van der Waals surface area contributed by atoms with Crippen molar-refractivity contribution in [3.05, 3.63) is 58.5 Å². The van der Waals surface area contributed by atoms with E-state index in [1.165, 1.54) is 11.8 Å². The molecule has 1 fully saturated rings. The van der Waals surface area contributed by atoms with E-state index in [0.717, 1.165) is 43.3 Å². The molecule has 0 bridgehead atoms. The number of benzene rings is 1. The van der Waals surface area contributed by atoms with Crippen molar-refractivity contribution >= 4 is 23.7 Å². The number of aryl methyl sites for hydroxylation is 1. The molecule has 1 aliphatic rings. The minimum Gasteiger partial charge on any atom is -0.460 e. The van der Waals surface area contributed by atoms with Crippen LogP contribution in [0.1, 0.15) is 29.9 Å². The van der Waals surface area contributed by atoms with Crippen molar-refractivity contribution in [2.24, 2.45) is 11.0 Å². The van der Waals surface area contributed by atoms with Crippen molar-refractivity contribution in [2.75, 3.05) is 13.1 Å². The summed E-state index contributed by atoms with van der Waals surface area (Å²) < 4.78 is 5.37. The quantitative estimate of drug-likeness (QED) is 0.655. The van der Waals surface area contributed by atoms with E-state index < -0.39 is 0 Å². The zero-order chi connectivity index (χ0) is 17.6. The standard InChI is InChI=1S/C19H22ClN3O2/c1-14-2-7-18(25-14)12-21-22-19(24)16-8-10-23(11-9-16)13-15-3-5-17(20)6-4-15/h2-7,12,16H,8-11,13H2,1H3,(H,22,24)/b21-12-. The number of hydrogen-bond donors (Lipinski definition) is 1. The van der Waals surface area contributed by atoms with Gasteiger partial charge < -0.3 is 4.42 Å². The summed E-state index contributed by atoms with van der Waals surface area (Å²) in [5.74, 6) is 1.44. The van der Waals surface area contributed by atoms with Crippen LogP contribution in [0.3, 0.4) is 0 Å². The molecule has 1 aromatic heterocycles. The summed E-state index contributed by atoms with van der Waals surface area (Å²) in [4.78, 5) is 14.6. The molecule has 1 saturated heterocycles. The SMILES string of the molecule is Cc1ccc(/C=N\NC(=O)C2CCN(Cc3ccc(Cl)cc3)CC2)o1. The van der Waals surface area contributed by atoms with Crippen LogP contribution >= 0.6 is 11.6 Å². The van der Waals surface area contributed by atoms with Gasteiger partial charge in [-0.2, -0.15) is 5.10 Å². The molecule has 1 aliphatic heterocycles. The molecule has 1 N–H and O–H groups in total. The second-order valence-corrected chi connectivity index (χ2v) is 6.80. The first-order valence-corrected chi connectivity index (χ1v) is 8.84. The van der Waals surface area contributed by atoms with Gasteiger partial charge in [0.15, 0.2) is 0 Å². The van der Waals surface area contributed by atoms with Crippen molar-refractivity contribution in [1.82, 2.24) is 10.3 Å². The molecule has 0 radical (unpaired) electrons. The molecule has 0 atom stereocenters. The molecule has 2 aromatic rings. The highest BCUT2D eigenvalue weighted by molar-refractivity contribution is 6.30. The van der Waals surface area contributed by atoms with E-state index in [-0.39, 0.29) is 11.8 Å². The Morgan fingerprint density at radius 2 is 2.00 bits per heavy atom. The van der Waals surface area contributed by atoms with Gasteiger partial charge in [-0.05, 0) is 62.7 Å². The topological polar surface area (TPSA) is 57.8 Å². The Hall–Kier alpha value is -2.11. The summed E-state index contributed by atoms with van der Waals surface area (Å²) in [6.07, 6.45) is 3.21. The number of nitrogens with one attached hydrogen (secondary N) is 1. The molecule has 0 aliphatic carbocycles. The number of nitrogens with zero attached hydrogens (tertiary/aromatic N) is 2. The van der Waals surface area contributed by atoms with Crippen LogP contribution in [0.5, 0.6) is 0 Å². The summed E-state index contributed by atoms with van der Waals surface area (Å²) in [5, 5.41) is 4.73. The lowest BCUT2D eigenvalue weighted by Gasteiger charge is -2.30. The molecular weight excluding hydrogens is 338 g/mol. The van der Waals surface area contributed by atoms with Gasteiger partial charge in [0.05, 0.1) is 6.21 Å². The first-order valence-electron chi connectivity index (χ1n) is 8.46. The second kappa shape index (κ2) is 8.32. The normalized spacial score (nSPS) is 16.4. The van der Waals surface area contributed by atoms with Crippen LogP contribution in [-0.4, -0.2) is 30.1 Å². The Labute approximate surface area is 152 Å². The number of hydrogen-bond acceptors (Lipinski definition) is 4. The maximum Gasteiger partial charge on any atom is 0.243 e. The highest BCUT2D eigenvalue weighted by Gasteiger charge is 2.24. The van der Waals surface area contributed by atoms with E-state index in [0.29, 0.717) is 5.76 Å². The van der Waals surface area contributed by atoms with Gasteiger partial charge in [0.2, 0.25) is 5.91 Å². The Bertz CT molecular complexity index is 731. The van der Waals surface area contributed by atoms with Crippen LogP contribution in [0.2, 0.25) is 5.02 Å². The largest absolute Gasteiger partial charge is 0.460 e. The Balaban J connectivity index is 1.42. The Morgan fingerprint density at radius 1 is 1.28 bits per heavy atom. The number of carbonyl (C=O) groups excluding carboxylic acids is 1. The van der Waals surface area contributed by atoms with Crippen molar-refractivity contribution in [1.29, 1.82) is 0 Å². The minimum atomic E-state index is -0.0225. The van der Waals surface area contributed by atoms with E-state index >= 15 is 0 Å². The van der Waals surface area contributed by atoms with Crippen molar-refractivity contribution < 1.29 is 9.21 Å². The summed E-state index contributed by atoms with van der Waals surface area (Å²) >= 11 is 5.91. The van der Waals surface area contributed by atoms with Crippen LogP contribution in [0.4, 0.5) is 0 Å². The van der Waals surface area contributed by atoms with Gasteiger partial charge >= 0.3 is 0 Å². The smallest absolute Gasteiger partial charge is 0.243 e. The third kappa shape index (κ3) is 5.18. The summed E-state index contributed by atoms with van der Waals surface area (Å²) in [5.41, 5.74) is 3.86. The highest BCUT2D eigenvalue weighted by Crippen LogP contribution is 2.20. The van der Waals surface area contributed by atoms with Gasteiger partial charge in [-0.15, -0.1) is 0 Å². The Kier molecular flexibility index (Phi) is 5.89. The molecule has 5 nitrogen and oxygen atoms in total. The van der Waals surface area contributed by atoms with Gasteiger partial charge in [0, 0.05) is 17.5 Å². The first-order chi connectivity index (χ1) is 12.1. The second-order valence-electron chi connectivity index (χ2n) is 6.36. The predicted octanol–water partition coefficient (Wildman–Crippen LogP) is 3.60. The Morgan fingerprint density at radius 3 is 2.64 bits per heavy atom. The van der Waals surface area contributed by atoms with Gasteiger partial charge in [-0.1, -0.05) is 23.7 Å². The molecule has 1 aromatic carbocycles. The molecule has 132 valence electrons. The van der Waals surface area contributed by atoms with Crippen LogP contribution < -0.4 is 5.43 Å². The molecule has 0 saturated carbocycles. The van der Waals surface area contributed by atoms with Gasteiger partial charge in [-0.25, -0.2) is 5.43 Å². The number of halogens is 1. The number of amides is 1. The minimum absolute atomic E-state index is 0.0111. The molecule has 1 amide bonds. The molecule has 0 spiro atoms. The number of piperidine rings is 1. The lowest BCUT2D eigenvalue weighted by molar-refractivity contribution is -0.126. The molecule has 6 heteroatoms. The van der Waals surface area contributed by atoms with Crippen molar-refractivity contribution in [3.63, 3.8) is 0 Å². The number of carbonyl (C=O) groups is 1. The molecular formula is C19H22ClN3O2. The molecule has 2 heterocycles. The third-order valence-corrected chi connectivity index (χ3v) is 4.66. The van der Waals surface area contributed by atoms with Gasteiger partial charge in [0.25, 0.3) is 0 Å². The number of rotatable bonds is 5. The average Bonchev–Trinajstić information content (AvgIpc) is 3.03.